The van der Waals surface area contributed by atoms with Crippen LogP contribution in [0.1, 0.15) is 23.7 Å². The number of nitrogen functional groups attached to an aromatic ring is 2. The number of hydrogen-bond donors (Lipinski definition) is 4. The van der Waals surface area contributed by atoms with E-state index >= 15 is 0 Å². The van der Waals surface area contributed by atoms with E-state index in [4.69, 9.17) is 16.2 Å². The average molecular weight is 265 g/mol. The van der Waals surface area contributed by atoms with Crippen molar-refractivity contribution in [2.24, 2.45) is 0 Å². The lowest BCUT2D eigenvalue weighted by atomic mass is 9.96. The molecule has 1 saturated heterocycles. The molecule has 2 atom stereocenters. The summed E-state index contributed by atoms with van der Waals surface area (Å²) in [7, 11) is 0. The van der Waals surface area contributed by atoms with Gasteiger partial charge in [0.2, 0.25) is 0 Å². The number of hydrogen-bond acceptors (Lipinski definition) is 5. The second-order valence-electron chi connectivity index (χ2n) is 4.94. The van der Waals surface area contributed by atoms with Crippen molar-refractivity contribution >= 4 is 17.3 Å². The third kappa shape index (κ3) is 2.97. The highest BCUT2D eigenvalue weighted by Gasteiger charge is 2.39. The molecule has 1 aliphatic rings. The highest BCUT2D eigenvalue weighted by molar-refractivity contribution is 5.96. The lowest BCUT2D eigenvalue weighted by molar-refractivity contribution is -0.0251. The predicted molar refractivity (Wildman–Crippen MR) is 72.6 cm³/mol. The van der Waals surface area contributed by atoms with Gasteiger partial charge >= 0.3 is 0 Å². The second kappa shape index (κ2) is 5.07. The summed E-state index contributed by atoms with van der Waals surface area (Å²) in [6.45, 7) is 2.43. The predicted octanol–water partition coefficient (Wildman–Crippen LogP) is 0.121. The van der Waals surface area contributed by atoms with Crippen molar-refractivity contribution in [3.05, 3.63) is 23.8 Å². The summed E-state index contributed by atoms with van der Waals surface area (Å²) in [6.07, 6.45) is 0.215. The van der Waals surface area contributed by atoms with Crippen molar-refractivity contribution < 1.29 is 14.6 Å². The first kappa shape index (κ1) is 13.6. The molecule has 1 heterocycles. The molecule has 6 nitrogen and oxygen atoms in total. The van der Waals surface area contributed by atoms with E-state index in [1.807, 2.05) is 0 Å². The molecule has 0 bridgehead atoms. The summed E-state index contributed by atoms with van der Waals surface area (Å²) in [5.74, 6) is -0.313. The van der Waals surface area contributed by atoms with Gasteiger partial charge in [0.25, 0.3) is 5.91 Å². The first-order valence-corrected chi connectivity index (χ1v) is 6.19. The zero-order valence-corrected chi connectivity index (χ0v) is 10.8. The number of carbonyl (C=O) groups excluding carboxylic acids is 1. The minimum atomic E-state index is -1.01. The largest absolute Gasteiger partial charge is 0.399 e. The molecule has 19 heavy (non-hydrogen) atoms. The van der Waals surface area contributed by atoms with Crippen molar-refractivity contribution in [3.8, 4) is 0 Å². The molecule has 104 valence electrons. The summed E-state index contributed by atoms with van der Waals surface area (Å²) in [5, 5.41) is 13.0. The van der Waals surface area contributed by atoms with Gasteiger partial charge in [-0.25, -0.2) is 0 Å². The zero-order valence-electron chi connectivity index (χ0n) is 10.8. The van der Waals surface area contributed by atoms with Gasteiger partial charge in [-0.1, -0.05) is 0 Å². The lowest BCUT2D eigenvalue weighted by Crippen LogP contribution is -2.47. The van der Waals surface area contributed by atoms with E-state index in [1.165, 1.54) is 0 Å². The van der Waals surface area contributed by atoms with Crippen LogP contribution in [0, 0.1) is 0 Å². The van der Waals surface area contributed by atoms with Gasteiger partial charge < -0.3 is 26.6 Å². The number of carbonyl (C=O) groups is 1. The van der Waals surface area contributed by atoms with Gasteiger partial charge in [0.15, 0.2) is 0 Å². The second-order valence-corrected chi connectivity index (χ2v) is 4.94. The Morgan fingerprint density at radius 1 is 1.47 bits per heavy atom. The third-order valence-corrected chi connectivity index (χ3v) is 3.45. The number of nitrogens with two attached hydrogens (primary N) is 2. The van der Waals surface area contributed by atoms with Gasteiger partial charge in [0, 0.05) is 36.5 Å². The molecule has 1 fully saturated rings. The Morgan fingerprint density at radius 2 is 2.11 bits per heavy atom. The zero-order chi connectivity index (χ0) is 14.0. The maximum Gasteiger partial charge on any atom is 0.251 e. The summed E-state index contributed by atoms with van der Waals surface area (Å²) in [4.78, 5) is 12.0. The number of rotatable bonds is 3. The maximum absolute atomic E-state index is 12.0. The molecule has 2 unspecified atom stereocenters. The van der Waals surface area contributed by atoms with Crippen molar-refractivity contribution in [2.75, 3.05) is 24.6 Å². The van der Waals surface area contributed by atoms with Crippen LogP contribution in [0.4, 0.5) is 11.4 Å². The number of aliphatic hydroxyl groups is 1. The molecule has 1 amide bonds. The van der Waals surface area contributed by atoms with E-state index < -0.39 is 5.60 Å². The molecule has 1 aromatic rings. The molecular weight excluding hydrogens is 246 g/mol. The van der Waals surface area contributed by atoms with Crippen molar-refractivity contribution in [1.29, 1.82) is 0 Å². The summed E-state index contributed by atoms with van der Waals surface area (Å²) >= 11 is 0. The van der Waals surface area contributed by atoms with Gasteiger partial charge in [-0.05, 0) is 25.1 Å². The van der Waals surface area contributed by atoms with E-state index in [-0.39, 0.29) is 18.6 Å². The van der Waals surface area contributed by atoms with Gasteiger partial charge in [0.1, 0.15) is 5.60 Å². The van der Waals surface area contributed by atoms with Crippen LogP contribution in [0.15, 0.2) is 18.2 Å². The Morgan fingerprint density at radius 3 is 2.63 bits per heavy atom. The third-order valence-electron chi connectivity index (χ3n) is 3.45. The normalized spacial score (nSPS) is 26.3. The average Bonchev–Trinajstić information content (AvgIpc) is 2.66. The number of ether oxygens (including phenoxy) is 1. The fourth-order valence-electron chi connectivity index (χ4n) is 2.15. The lowest BCUT2D eigenvalue weighted by Gasteiger charge is -2.26. The summed E-state index contributed by atoms with van der Waals surface area (Å²) < 4.78 is 5.30. The molecular formula is C13H19N3O3. The number of amides is 1. The van der Waals surface area contributed by atoms with Crippen molar-refractivity contribution in [1.82, 2.24) is 5.32 Å². The molecule has 0 aliphatic carbocycles. The highest BCUT2D eigenvalue weighted by Crippen LogP contribution is 2.24. The number of anilines is 2. The smallest absolute Gasteiger partial charge is 0.251 e. The van der Waals surface area contributed by atoms with Gasteiger partial charge in [-0.15, -0.1) is 0 Å². The number of nitrogens with one attached hydrogen (secondary N) is 1. The minimum Gasteiger partial charge on any atom is -0.399 e. The molecule has 0 aromatic heterocycles. The monoisotopic (exact) mass is 265 g/mol. The van der Waals surface area contributed by atoms with Crippen LogP contribution in [-0.4, -0.2) is 35.9 Å². The summed E-state index contributed by atoms with van der Waals surface area (Å²) in [6, 6.07) is 4.67. The van der Waals surface area contributed by atoms with Crippen molar-refractivity contribution in [3.63, 3.8) is 0 Å². The Bertz CT molecular complexity index is 472. The Labute approximate surface area is 111 Å². The minimum absolute atomic E-state index is 0.141. The molecule has 2 rings (SSSR count). The van der Waals surface area contributed by atoms with Crippen LogP contribution in [0.25, 0.3) is 0 Å². The van der Waals surface area contributed by atoms with Crippen molar-refractivity contribution in [2.45, 2.75) is 25.0 Å². The van der Waals surface area contributed by atoms with E-state index in [0.717, 1.165) is 0 Å². The van der Waals surface area contributed by atoms with Gasteiger partial charge in [-0.2, -0.15) is 0 Å². The van der Waals surface area contributed by atoms with E-state index in [0.29, 0.717) is 30.0 Å². The van der Waals surface area contributed by atoms with Crippen LogP contribution >= 0.6 is 0 Å². The number of benzene rings is 1. The Kier molecular flexibility index (Phi) is 3.64. The SMILES string of the molecule is CC1OCCC1(O)CNC(=O)c1cc(N)cc(N)c1. The highest BCUT2D eigenvalue weighted by atomic mass is 16.5. The van der Waals surface area contributed by atoms with Crippen LogP contribution in [0.2, 0.25) is 0 Å². The molecule has 1 aliphatic heterocycles. The molecule has 0 radical (unpaired) electrons. The molecule has 0 saturated carbocycles. The Hall–Kier alpha value is -1.79. The summed E-state index contributed by atoms with van der Waals surface area (Å²) in [5.41, 5.74) is 11.5. The first-order valence-electron chi connectivity index (χ1n) is 6.19. The molecule has 1 aromatic carbocycles. The van der Waals surface area contributed by atoms with E-state index in [1.54, 1.807) is 25.1 Å². The van der Waals surface area contributed by atoms with E-state index in [2.05, 4.69) is 5.32 Å². The van der Waals surface area contributed by atoms with E-state index in [9.17, 15) is 9.90 Å². The topological polar surface area (TPSA) is 111 Å². The van der Waals surface area contributed by atoms with Crippen LogP contribution in [-0.2, 0) is 4.74 Å². The molecule has 0 spiro atoms. The van der Waals surface area contributed by atoms with Crippen LogP contribution in [0.3, 0.4) is 0 Å². The van der Waals surface area contributed by atoms with Gasteiger partial charge in [0.05, 0.1) is 6.10 Å². The quantitative estimate of drug-likeness (QED) is 0.580. The fourth-order valence-corrected chi connectivity index (χ4v) is 2.15. The maximum atomic E-state index is 12.0. The van der Waals surface area contributed by atoms with Crippen LogP contribution < -0.4 is 16.8 Å². The molecule has 6 heteroatoms. The standard InChI is InChI=1S/C13H19N3O3/c1-8-13(18,2-3-19-8)7-16-12(17)9-4-10(14)6-11(15)5-9/h4-6,8,18H,2-3,7,14-15H2,1H3,(H,16,17). The fraction of sp³-hybridized carbons (Fsp3) is 0.462. The molecule has 6 N–H and O–H groups in total. The van der Waals surface area contributed by atoms with Gasteiger partial charge in [-0.3, -0.25) is 4.79 Å². The van der Waals surface area contributed by atoms with Crippen LogP contribution in [0.5, 0.6) is 0 Å². The first-order chi connectivity index (χ1) is 8.90. The Balaban J connectivity index is 2.01.